The summed E-state index contributed by atoms with van der Waals surface area (Å²) < 4.78 is 6.65. The largest absolute Gasteiger partial charge is 0.394 e. The van der Waals surface area contributed by atoms with Gasteiger partial charge in [-0.15, -0.1) is 0 Å². The summed E-state index contributed by atoms with van der Waals surface area (Å²) in [5.74, 6) is -0.286. The van der Waals surface area contributed by atoms with Crippen molar-refractivity contribution >= 4 is 34.8 Å². The van der Waals surface area contributed by atoms with Crippen LogP contribution in [0, 0.1) is 6.92 Å². The summed E-state index contributed by atoms with van der Waals surface area (Å²) in [6, 6.07) is 1.58. The number of nitrogens with zero attached hydrogens (tertiary/aromatic N) is 2. The van der Waals surface area contributed by atoms with Crippen LogP contribution in [0.2, 0.25) is 10.0 Å². The maximum absolute atomic E-state index is 12.2. The minimum absolute atomic E-state index is 0.0443. The van der Waals surface area contributed by atoms with E-state index in [0.29, 0.717) is 40.2 Å². The highest BCUT2D eigenvalue weighted by atomic mass is 35.5. The Morgan fingerprint density at radius 3 is 2.95 bits per heavy atom. The highest BCUT2D eigenvalue weighted by molar-refractivity contribution is 6.36. The van der Waals surface area contributed by atoms with Crippen molar-refractivity contribution in [2.75, 3.05) is 26.4 Å². The first kappa shape index (κ1) is 16.0. The SMILES string of the molecule is Cc1nc2c(Cl)cc(Cl)cn2c1C(=O)NCCOCCO. The predicted octanol–water partition coefficient (Wildman–Crippen LogP) is 1.69. The second-order valence-corrected chi connectivity index (χ2v) is 5.18. The van der Waals surface area contributed by atoms with Crippen molar-refractivity contribution < 1.29 is 14.6 Å². The number of aryl methyl sites for hydroxylation is 1. The molecule has 0 unspecified atom stereocenters. The monoisotopic (exact) mass is 331 g/mol. The minimum atomic E-state index is -0.286. The summed E-state index contributed by atoms with van der Waals surface area (Å²) in [7, 11) is 0. The lowest BCUT2D eigenvalue weighted by molar-refractivity contribution is 0.0834. The van der Waals surface area contributed by atoms with Gasteiger partial charge in [-0.1, -0.05) is 23.2 Å². The number of hydrogen-bond donors (Lipinski definition) is 2. The van der Waals surface area contributed by atoms with Crippen LogP contribution in [0.15, 0.2) is 12.3 Å². The highest BCUT2D eigenvalue weighted by Crippen LogP contribution is 2.24. The van der Waals surface area contributed by atoms with Crippen LogP contribution >= 0.6 is 23.2 Å². The molecule has 0 bridgehead atoms. The van der Waals surface area contributed by atoms with Crippen molar-refractivity contribution in [1.82, 2.24) is 14.7 Å². The Kier molecular flexibility index (Phi) is 5.41. The van der Waals surface area contributed by atoms with Crippen LogP contribution in [-0.4, -0.2) is 46.8 Å². The molecule has 1 amide bonds. The van der Waals surface area contributed by atoms with Crippen molar-refractivity contribution in [3.05, 3.63) is 33.7 Å². The zero-order chi connectivity index (χ0) is 15.4. The van der Waals surface area contributed by atoms with E-state index in [2.05, 4.69) is 10.3 Å². The Hall–Kier alpha value is -1.34. The lowest BCUT2D eigenvalue weighted by atomic mass is 10.3. The molecule has 114 valence electrons. The van der Waals surface area contributed by atoms with Crippen LogP contribution in [0.25, 0.3) is 5.65 Å². The minimum Gasteiger partial charge on any atom is -0.394 e. The Balaban J connectivity index is 2.17. The second kappa shape index (κ2) is 7.09. The van der Waals surface area contributed by atoms with Crippen molar-refractivity contribution in [3.63, 3.8) is 0 Å². The number of fused-ring (bicyclic) bond motifs is 1. The zero-order valence-corrected chi connectivity index (χ0v) is 12.9. The third-order valence-electron chi connectivity index (χ3n) is 2.80. The predicted molar refractivity (Wildman–Crippen MR) is 80.2 cm³/mol. The average Bonchev–Trinajstić information content (AvgIpc) is 2.75. The number of carbonyl (C=O) groups is 1. The Bertz CT molecular complexity index is 658. The number of imidazole rings is 1. The molecule has 0 spiro atoms. The maximum Gasteiger partial charge on any atom is 0.270 e. The van der Waals surface area contributed by atoms with Crippen LogP contribution < -0.4 is 5.32 Å². The molecule has 0 fully saturated rings. The average molecular weight is 332 g/mol. The first-order chi connectivity index (χ1) is 10.0. The van der Waals surface area contributed by atoms with E-state index >= 15 is 0 Å². The Morgan fingerprint density at radius 1 is 1.48 bits per heavy atom. The molecule has 2 aromatic rings. The number of pyridine rings is 1. The molecule has 8 heteroatoms. The van der Waals surface area contributed by atoms with Gasteiger partial charge in [-0.05, 0) is 13.0 Å². The van der Waals surface area contributed by atoms with E-state index in [0.717, 1.165) is 0 Å². The van der Waals surface area contributed by atoms with Gasteiger partial charge < -0.3 is 15.2 Å². The quantitative estimate of drug-likeness (QED) is 0.790. The van der Waals surface area contributed by atoms with Crippen molar-refractivity contribution in [2.45, 2.75) is 6.92 Å². The molecule has 2 heterocycles. The van der Waals surface area contributed by atoms with Crippen LogP contribution in [0.4, 0.5) is 0 Å². The van der Waals surface area contributed by atoms with Crippen molar-refractivity contribution in [3.8, 4) is 0 Å². The standard InChI is InChI=1S/C13H15Cl2N3O3/c1-8-11(13(20)16-2-4-21-5-3-19)18-7-9(14)6-10(15)12(18)17-8/h6-7,19H,2-5H2,1H3,(H,16,20). The molecule has 0 saturated heterocycles. The first-order valence-electron chi connectivity index (χ1n) is 6.35. The van der Waals surface area contributed by atoms with E-state index < -0.39 is 0 Å². The van der Waals surface area contributed by atoms with Gasteiger partial charge in [0, 0.05) is 12.7 Å². The number of aromatic nitrogens is 2. The van der Waals surface area contributed by atoms with Crippen molar-refractivity contribution in [2.24, 2.45) is 0 Å². The normalized spacial score (nSPS) is 11.0. The fraction of sp³-hybridized carbons (Fsp3) is 0.385. The van der Waals surface area contributed by atoms with E-state index in [9.17, 15) is 4.79 Å². The molecule has 0 aromatic carbocycles. The number of amides is 1. The van der Waals surface area contributed by atoms with Crippen molar-refractivity contribution in [1.29, 1.82) is 0 Å². The van der Waals surface area contributed by atoms with Gasteiger partial charge >= 0.3 is 0 Å². The Morgan fingerprint density at radius 2 is 2.24 bits per heavy atom. The molecular weight excluding hydrogens is 317 g/mol. The van der Waals surface area contributed by atoms with Crippen LogP contribution in [0.5, 0.6) is 0 Å². The molecule has 0 aliphatic rings. The fourth-order valence-corrected chi connectivity index (χ4v) is 2.46. The number of nitrogens with one attached hydrogen (secondary N) is 1. The third kappa shape index (κ3) is 3.65. The van der Waals surface area contributed by atoms with E-state index in [1.807, 2.05) is 0 Å². The number of aliphatic hydroxyl groups excluding tert-OH is 1. The molecule has 21 heavy (non-hydrogen) atoms. The first-order valence-corrected chi connectivity index (χ1v) is 7.10. The topological polar surface area (TPSA) is 75.9 Å². The van der Waals surface area contributed by atoms with Gasteiger partial charge in [-0.25, -0.2) is 4.98 Å². The van der Waals surface area contributed by atoms with E-state index in [-0.39, 0.29) is 19.1 Å². The van der Waals surface area contributed by atoms with Gasteiger partial charge in [0.2, 0.25) is 0 Å². The summed E-state index contributed by atoms with van der Waals surface area (Å²) in [5, 5.41) is 12.1. The van der Waals surface area contributed by atoms with Crippen LogP contribution in [0.3, 0.4) is 0 Å². The smallest absolute Gasteiger partial charge is 0.270 e. The number of halogens is 2. The summed E-state index contributed by atoms with van der Waals surface area (Å²) in [5.41, 5.74) is 1.43. The van der Waals surface area contributed by atoms with Gasteiger partial charge in [0.25, 0.3) is 5.91 Å². The molecule has 0 saturated carbocycles. The molecule has 0 aliphatic heterocycles. The summed E-state index contributed by atoms with van der Waals surface area (Å²) in [6.45, 7) is 2.59. The molecule has 2 rings (SSSR count). The van der Waals surface area contributed by atoms with Gasteiger partial charge in [0.05, 0.1) is 35.6 Å². The zero-order valence-electron chi connectivity index (χ0n) is 11.4. The van der Waals surface area contributed by atoms with E-state index in [1.165, 1.54) is 0 Å². The number of hydrogen-bond acceptors (Lipinski definition) is 4. The third-order valence-corrected chi connectivity index (χ3v) is 3.28. The second-order valence-electron chi connectivity index (χ2n) is 4.34. The summed E-state index contributed by atoms with van der Waals surface area (Å²) in [4.78, 5) is 16.5. The number of carbonyl (C=O) groups excluding carboxylic acids is 1. The van der Waals surface area contributed by atoms with Crippen LogP contribution in [0.1, 0.15) is 16.2 Å². The number of ether oxygens (including phenoxy) is 1. The maximum atomic E-state index is 12.2. The van der Waals surface area contributed by atoms with Gasteiger partial charge in [-0.3, -0.25) is 9.20 Å². The molecule has 0 aliphatic carbocycles. The lowest BCUT2D eigenvalue weighted by Crippen LogP contribution is -2.29. The molecular formula is C13H15Cl2N3O3. The lowest BCUT2D eigenvalue weighted by Gasteiger charge is -2.07. The molecule has 0 atom stereocenters. The van der Waals surface area contributed by atoms with Gasteiger partial charge in [-0.2, -0.15) is 0 Å². The van der Waals surface area contributed by atoms with Gasteiger partial charge in [0.15, 0.2) is 5.65 Å². The fourth-order valence-electron chi connectivity index (χ4n) is 1.95. The molecule has 2 N–H and O–H groups in total. The molecule has 0 radical (unpaired) electrons. The summed E-state index contributed by atoms with van der Waals surface area (Å²) >= 11 is 12.0. The van der Waals surface area contributed by atoms with Gasteiger partial charge in [0.1, 0.15) is 5.69 Å². The molecule has 6 nitrogen and oxygen atoms in total. The number of rotatable bonds is 6. The van der Waals surface area contributed by atoms with E-state index in [4.69, 9.17) is 33.0 Å². The van der Waals surface area contributed by atoms with E-state index in [1.54, 1.807) is 23.6 Å². The number of aliphatic hydroxyl groups is 1. The molecule has 2 aromatic heterocycles. The Labute approximate surface area is 131 Å². The van der Waals surface area contributed by atoms with Crippen LogP contribution in [-0.2, 0) is 4.74 Å². The highest BCUT2D eigenvalue weighted by Gasteiger charge is 2.18. The summed E-state index contributed by atoms with van der Waals surface area (Å²) in [6.07, 6.45) is 1.60.